The highest BCUT2D eigenvalue weighted by atomic mass is 32.2. The fourth-order valence-corrected chi connectivity index (χ4v) is 3.00. The van der Waals surface area contributed by atoms with Gasteiger partial charge in [0.1, 0.15) is 0 Å². The molecule has 1 aliphatic rings. The Balaban J connectivity index is 1.74. The van der Waals surface area contributed by atoms with Crippen molar-refractivity contribution in [3.63, 3.8) is 0 Å². The van der Waals surface area contributed by atoms with E-state index in [0.717, 1.165) is 44.7 Å². The van der Waals surface area contributed by atoms with Gasteiger partial charge in [-0.15, -0.1) is 0 Å². The van der Waals surface area contributed by atoms with Gasteiger partial charge in [0.05, 0.1) is 30.2 Å². The topological polar surface area (TPSA) is 41.6 Å². The van der Waals surface area contributed by atoms with Crippen molar-refractivity contribution in [3.05, 3.63) is 29.8 Å². The third-order valence-corrected chi connectivity index (χ3v) is 4.33. The largest absolute Gasteiger partial charge is 0.418 e. The fraction of sp³-hybridized carbons (Fsp3) is 0.533. The number of rotatable bonds is 6. The van der Waals surface area contributed by atoms with Gasteiger partial charge >= 0.3 is 6.18 Å². The first-order chi connectivity index (χ1) is 11.0. The molecule has 0 aliphatic carbocycles. The normalized spacial score (nSPS) is 16.3. The first-order valence-corrected chi connectivity index (χ1v) is 8.46. The van der Waals surface area contributed by atoms with Crippen molar-refractivity contribution in [1.29, 1.82) is 0 Å². The van der Waals surface area contributed by atoms with E-state index in [1.807, 2.05) is 0 Å². The molecule has 1 heterocycles. The number of hydrogen-bond acceptors (Lipinski definition) is 4. The van der Waals surface area contributed by atoms with Gasteiger partial charge in [0.25, 0.3) is 0 Å². The number of carbonyl (C=O) groups is 1. The summed E-state index contributed by atoms with van der Waals surface area (Å²) in [5.41, 5.74) is -1.02. The minimum Gasteiger partial charge on any atom is -0.379 e. The van der Waals surface area contributed by atoms with E-state index in [-0.39, 0.29) is 11.4 Å². The number of hydrogen-bond donors (Lipinski definition) is 1. The van der Waals surface area contributed by atoms with Crippen LogP contribution in [0.1, 0.15) is 5.56 Å². The number of alkyl halides is 3. The Hall–Kier alpha value is -1.25. The van der Waals surface area contributed by atoms with Gasteiger partial charge in [-0.2, -0.15) is 24.9 Å². The van der Waals surface area contributed by atoms with E-state index in [2.05, 4.69) is 10.2 Å². The fourth-order valence-electron chi connectivity index (χ4n) is 2.21. The number of anilines is 1. The lowest BCUT2D eigenvalue weighted by Gasteiger charge is -2.26. The van der Waals surface area contributed by atoms with Crippen LogP contribution in [0.2, 0.25) is 0 Å². The van der Waals surface area contributed by atoms with Crippen molar-refractivity contribution in [2.24, 2.45) is 0 Å². The summed E-state index contributed by atoms with van der Waals surface area (Å²) in [6.07, 6.45) is -4.48. The van der Waals surface area contributed by atoms with Gasteiger partial charge < -0.3 is 10.1 Å². The van der Waals surface area contributed by atoms with Crippen molar-refractivity contribution in [3.8, 4) is 0 Å². The number of thioether (sulfide) groups is 1. The monoisotopic (exact) mass is 348 g/mol. The SMILES string of the molecule is O=C(CSCCN1CCOCC1)Nc1ccccc1C(F)(F)F. The minimum atomic E-state index is -4.48. The lowest BCUT2D eigenvalue weighted by atomic mass is 10.1. The summed E-state index contributed by atoms with van der Waals surface area (Å²) in [5.74, 6) is 0.471. The quantitative estimate of drug-likeness (QED) is 0.803. The molecule has 1 saturated heterocycles. The molecule has 1 amide bonds. The third-order valence-electron chi connectivity index (χ3n) is 3.40. The Morgan fingerprint density at radius 3 is 2.65 bits per heavy atom. The summed E-state index contributed by atoms with van der Waals surface area (Å²) >= 11 is 1.41. The van der Waals surface area contributed by atoms with Crippen molar-refractivity contribution >= 4 is 23.4 Å². The molecule has 8 heteroatoms. The highest BCUT2D eigenvalue weighted by Gasteiger charge is 2.33. The number of nitrogens with zero attached hydrogens (tertiary/aromatic N) is 1. The van der Waals surface area contributed by atoms with Crippen LogP contribution in [0.25, 0.3) is 0 Å². The van der Waals surface area contributed by atoms with Crippen molar-refractivity contribution in [2.45, 2.75) is 6.18 Å². The van der Waals surface area contributed by atoms with Crippen molar-refractivity contribution < 1.29 is 22.7 Å². The summed E-state index contributed by atoms with van der Waals surface area (Å²) in [5, 5.41) is 2.34. The molecule has 128 valence electrons. The smallest absolute Gasteiger partial charge is 0.379 e. The zero-order valence-corrected chi connectivity index (χ0v) is 13.4. The molecule has 0 unspecified atom stereocenters. The lowest BCUT2D eigenvalue weighted by Crippen LogP contribution is -2.37. The number of amides is 1. The van der Waals surface area contributed by atoms with Gasteiger partial charge in [0, 0.05) is 25.4 Å². The number of nitrogens with one attached hydrogen (secondary N) is 1. The Morgan fingerprint density at radius 2 is 1.96 bits per heavy atom. The number of ether oxygens (including phenoxy) is 1. The van der Waals surface area contributed by atoms with Crippen LogP contribution in [-0.2, 0) is 15.7 Å². The molecule has 0 saturated carbocycles. The van der Waals surface area contributed by atoms with Gasteiger partial charge in [0.2, 0.25) is 5.91 Å². The molecule has 1 aromatic rings. The molecule has 1 aromatic carbocycles. The summed E-state index contributed by atoms with van der Waals surface area (Å²) in [4.78, 5) is 14.1. The summed E-state index contributed by atoms with van der Waals surface area (Å²) in [6, 6.07) is 4.99. The average molecular weight is 348 g/mol. The number of benzene rings is 1. The maximum Gasteiger partial charge on any atom is 0.418 e. The third kappa shape index (κ3) is 6.04. The van der Waals surface area contributed by atoms with Crippen LogP contribution in [-0.4, -0.2) is 55.2 Å². The van der Waals surface area contributed by atoms with Crippen LogP contribution in [0.3, 0.4) is 0 Å². The van der Waals surface area contributed by atoms with Crippen LogP contribution in [0.15, 0.2) is 24.3 Å². The predicted octanol–water partition coefficient (Wildman–Crippen LogP) is 2.71. The summed E-state index contributed by atoms with van der Waals surface area (Å²) < 4.78 is 43.8. The second-order valence-electron chi connectivity index (χ2n) is 5.10. The molecule has 4 nitrogen and oxygen atoms in total. The number of halogens is 3. The Labute approximate surface area is 137 Å². The highest BCUT2D eigenvalue weighted by Crippen LogP contribution is 2.34. The Kier molecular flexibility index (Phi) is 6.73. The van der Waals surface area contributed by atoms with E-state index < -0.39 is 17.6 Å². The Morgan fingerprint density at radius 1 is 1.26 bits per heavy atom. The van der Waals surface area contributed by atoms with Crippen molar-refractivity contribution in [2.75, 3.05) is 49.7 Å². The van der Waals surface area contributed by atoms with E-state index in [0.29, 0.717) is 0 Å². The second kappa shape index (κ2) is 8.56. The van der Waals surface area contributed by atoms with E-state index in [4.69, 9.17) is 4.74 Å². The molecule has 0 aromatic heterocycles. The first kappa shape index (κ1) is 18.1. The molecule has 2 rings (SSSR count). The maximum absolute atomic E-state index is 12.8. The molecule has 0 atom stereocenters. The van der Waals surface area contributed by atoms with Gasteiger partial charge in [-0.3, -0.25) is 9.69 Å². The molecule has 0 bridgehead atoms. The van der Waals surface area contributed by atoms with Crippen LogP contribution in [0, 0.1) is 0 Å². The van der Waals surface area contributed by atoms with Gasteiger partial charge in [-0.05, 0) is 12.1 Å². The summed E-state index contributed by atoms with van der Waals surface area (Å²) in [7, 11) is 0. The minimum absolute atomic E-state index is 0.135. The molecule has 1 fully saturated rings. The molecule has 0 spiro atoms. The summed E-state index contributed by atoms with van der Waals surface area (Å²) in [6.45, 7) is 4.05. The highest BCUT2D eigenvalue weighted by molar-refractivity contribution is 7.99. The van der Waals surface area contributed by atoms with Crippen LogP contribution in [0.5, 0.6) is 0 Å². The van der Waals surface area contributed by atoms with Crippen LogP contribution < -0.4 is 5.32 Å². The second-order valence-corrected chi connectivity index (χ2v) is 6.20. The van der Waals surface area contributed by atoms with E-state index in [1.165, 1.54) is 30.0 Å². The lowest BCUT2D eigenvalue weighted by molar-refractivity contribution is -0.137. The van der Waals surface area contributed by atoms with Crippen LogP contribution >= 0.6 is 11.8 Å². The molecular weight excluding hydrogens is 329 g/mol. The van der Waals surface area contributed by atoms with Gasteiger partial charge in [-0.1, -0.05) is 12.1 Å². The van der Waals surface area contributed by atoms with Crippen LogP contribution in [0.4, 0.5) is 18.9 Å². The molecule has 1 aliphatic heterocycles. The molecule has 1 N–H and O–H groups in total. The molecule has 23 heavy (non-hydrogen) atoms. The average Bonchev–Trinajstić information content (AvgIpc) is 2.52. The standard InChI is InChI=1S/C15H19F3N2O2S/c16-15(17,18)12-3-1-2-4-13(12)19-14(21)11-23-10-7-20-5-8-22-9-6-20/h1-4H,5-11H2,(H,19,21). The van der Waals surface area contributed by atoms with Crippen molar-refractivity contribution in [1.82, 2.24) is 4.90 Å². The van der Waals surface area contributed by atoms with E-state index >= 15 is 0 Å². The van der Waals surface area contributed by atoms with Gasteiger partial charge in [0.15, 0.2) is 0 Å². The zero-order valence-electron chi connectivity index (χ0n) is 12.6. The van der Waals surface area contributed by atoms with E-state index in [9.17, 15) is 18.0 Å². The first-order valence-electron chi connectivity index (χ1n) is 7.31. The number of carbonyl (C=O) groups excluding carboxylic acids is 1. The predicted molar refractivity (Wildman–Crippen MR) is 84.7 cm³/mol. The number of morpholine rings is 1. The number of para-hydroxylation sites is 1. The maximum atomic E-state index is 12.8. The van der Waals surface area contributed by atoms with Gasteiger partial charge in [-0.25, -0.2) is 0 Å². The molecule has 0 radical (unpaired) electrons. The zero-order chi connectivity index (χ0) is 16.7. The molecular formula is C15H19F3N2O2S. The Bertz CT molecular complexity index is 520. The van der Waals surface area contributed by atoms with E-state index in [1.54, 1.807) is 0 Å².